The number of amides is 1. The molecule has 1 atom stereocenters. The number of rotatable bonds is 9. The largest absolute Gasteiger partial charge is 0.476 e. The zero-order chi connectivity index (χ0) is 30.6. The lowest BCUT2D eigenvalue weighted by atomic mass is 9.98. The summed E-state index contributed by atoms with van der Waals surface area (Å²) in [5.41, 5.74) is 4.41. The Bertz CT molecular complexity index is 1560. The number of benzene rings is 2. The number of fused-ring (bicyclic) bond motifs is 2. The number of nitriles is 1. The molecule has 230 valence electrons. The Morgan fingerprint density at radius 1 is 1.16 bits per heavy atom. The van der Waals surface area contributed by atoms with Crippen molar-refractivity contribution in [3.63, 3.8) is 0 Å². The first-order valence-corrected chi connectivity index (χ1v) is 16.2. The van der Waals surface area contributed by atoms with Gasteiger partial charge in [0.15, 0.2) is 0 Å². The number of carbonyl (C=O) groups excluding carboxylic acids is 1. The number of pyridine rings is 1. The van der Waals surface area contributed by atoms with Gasteiger partial charge in [0, 0.05) is 67.2 Å². The maximum atomic E-state index is 12.6. The van der Waals surface area contributed by atoms with Crippen molar-refractivity contribution in [3.05, 3.63) is 71.4 Å². The second-order valence-corrected chi connectivity index (χ2v) is 12.6. The van der Waals surface area contributed by atoms with Gasteiger partial charge in [0.25, 0.3) is 0 Å². The third-order valence-corrected chi connectivity index (χ3v) is 9.87. The minimum absolute atomic E-state index is 0.124. The predicted molar refractivity (Wildman–Crippen MR) is 176 cm³/mol. The molecular formula is C35H41ClN6O2. The summed E-state index contributed by atoms with van der Waals surface area (Å²) in [7, 11) is 2.19. The molecule has 1 aromatic heterocycles. The Morgan fingerprint density at radius 2 is 1.95 bits per heavy atom. The monoisotopic (exact) mass is 612 g/mol. The minimum atomic E-state index is -0.203. The Labute approximate surface area is 265 Å². The first-order valence-electron chi connectivity index (χ1n) is 15.8. The first-order chi connectivity index (χ1) is 21.5. The molecule has 6 rings (SSSR count). The van der Waals surface area contributed by atoms with E-state index >= 15 is 0 Å². The molecule has 3 aliphatic rings. The maximum absolute atomic E-state index is 12.6. The van der Waals surface area contributed by atoms with Crippen LogP contribution in [0.4, 0.5) is 11.4 Å². The van der Waals surface area contributed by atoms with E-state index in [-0.39, 0.29) is 18.4 Å². The van der Waals surface area contributed by atoms with Gasteiger partial charge in [0.05, 0.1) is 35.8 Å². The number of nitrogens with zero attached hydrogens (tertiary/aromatic N) is 6. The van der Waals surface area contributed by atoms with E-state index in [1.807, 2.05) is 12.1 Å². The van der Waals surface area contributed by atoms with Gasteiger partial charge in [0.2, 0.25) is 11.8 Å². The van der Waals surface area contributed by atoms with E-state index in [0.29, 0.717) is 44.7 Å². The van der Waals surface area contributed by atoms with Crippen LogP contribution in [0.15, 0.2) is 55.1 Å². The number of halogens is 1. The number of hydrogen-bond donors (Lipinski definition) is 0. The zero-order valence-electron chi connectivity index (χ0n) is 25.6. The van der Waals surface area contributed by atoms with Gasteiger partial charge in [-0.2, -0.15) is 5.26 Å². The molecule has 1 aliphatic carbocycles. The van der Waals surface area contributed by atoms with Gasteiger partial charge in [-0.05, 0) is 49.9 Å². The summed E-state index contributed by atoms with van der Waals surface area (Å²) in [6.07, 6.45) is 7.57. The number of likely N-dealkylation sites (N-methyl/N-ethyl adjacent to an activating group) is 1. The van der Waals surface area contributed by atoms with Crippen molar-refractivity contribution in [3.8, 4) is 11.9 Å². The van der Waals surface area contributed by atoms with Crippen molar-refractivity contribution in [2.75, 3.05) is 56.2 Å². The van der Waals surface area contributed by atoms with Crippen LogP contribution >= 0.6 is 11.6 Å². The van der Waals surface area contributed by atoms with Crippen LogP contribution in [0.5, 0.6) is 5.88 Å². The van der Waals surface area contributed by atoms with Crippen molar-refractivity contribution in [1.29, 1.82) is 5.26 Å². The van der Waals surface area contributed by atoms with E-state index in [1.165, 1.54) is 37.3 Å². The molecule has 3 aromatic rings. The van der Waals surface area contributed by atoms with Crippen LogP contribution in [-0.4, -0.2) is 79.2 Å². The van der Waals surface area contributed by atoms with Crippen LogP contribution in [0.25, 0.3) is 10.8 Å². The lowest BCUT2D eigenvalue weighted by Crippen LogP contribution is -2.55. The molecule has 1 saturated heterocycles. The second kappa shape index (κ2) is 13.5. The summed E-state index contributed by atoms with van der Waals surface area (Å²) in [5, 5.41) is 12.5. The zero-order valence-corrected chi connectivity index (χ0v) is 26.3. The van der Waals surface area contributed by atoms with E-state index in [2.05, 4.69) is 64.7 Å². The molecule has 0 spiro atoms. The highest BCUT2D eigenvalue weighted by Gasteiger charge is 2.32. The molecule has 44 heavy (non-hydrogen) atoms. The third-order valence-electron chi connectivity index (χ3n) is 9.56. The quantitative estimate of drug-likeness (QED) is 0.282. The third kappa shape index (κ3) is 6.22. The van der Waals surface area contributed by atoms with Gasteiger partial charge in [0.1, 0.15) is 6.61 Å². The molecule has 1 saturated carbocycles. The molecular weight excluding hydrogens is 572 g/mol. The van der Waals surface area contributed by atoms with Gasteiger partial charge < -0.3 is 24.3 Å². The van der Waals surface area contributed by atoms with Crippen LogP contribution in [0.3, 0.4) is 0 Å². The van der Waals surface area contributed by atoms with Gasteiger partial charge in [-0.3, -0.25) is 4.79 Å². The molecule has 8 nitrogen and oxygen atoms in total. The second-order valence-electron chi connectivity index (χ2n) is 12.2. The average molecular weight is 613 g/mol. The number of carbonyl (C=O) groups is 1. The van der Waals surface area contributed by atoms with Crippen molar-refractivity contribution in [1.82, 2.24) is 14.8 Å². The topological polar surface area (TPSA) is 75.9 Å². The Hall–Kier alpha value is -3.80. The molecule has 0 bridgehead atoms. The molecule has 2 aromatic carbocycles. The number of hydrogen-bond acceptors (Lipinski definition) is 7. The fourth-order valence-corrected chi connectivity index (χ4v) is 7.46. The highest BCUT2D eigenvalue weighted by atomic mass is 35.5. The standard InChI is InChI=1S/C35H41ClN6O2/c1-3-34(43)42-19-18-41(23-27(42)14-16-37)32-22-33(44-21-20-39(2)26-10-4-5-11-26)38-30-24-40(17-15-28(30)32)31-13-7-9-25-8-6-12-29(36)35(25)31/h3,6-9,12-13,22,26-27H,1,4-5,10-11,14-15,17-21,23-24H2,2H3/t27-/m0/s1. The molecule has 9 heteroatoms. The maximum Gasteiger partial charge on any atom is 0.246 e. The van der Waals surface area contributed by atoms with Crippen LogP contribution in [0.2, 0.25) is 5.02 Å². The first kappa shape index (κ1) is 30.2. The Morgan fingerprint density at radius 3 is 2.73 bits per heavy atom. The van der Waals surface area contributed by atoms with Gasteiger partial charge in [-0.25, -0.2) is 4.98 Å². The molecule has 3 heterocycles. The molecule has 0 radical (unpaired) electrons. The Balaban J connectivity index is 1.30. The van der Waals surface area contributed by atoms with Crippen LogP contribution < -0.4 is 14.5 Å². The molecule has 2 fully saturated rings. The van der Waals surface area contributed by atoms with Crippen molar-refractivity contribution >= 4 is 39.7 Å². The average Bonchev–Trinajstić information content (AvgIpc) is 3.59. The van der Waals surface area contributed by atoms with Crippen molar-refractivity contribution in [2.45, 2.75) is 57.2 Å². The van der Waals surface area contributed by atoms with Gasteiger partial charge >= 0.3 is 0 Å². The normalized spacial score (nSPS) is 18.9. The van der Waals surface area contributed by atoms with E-state index in [1.54, 1.807) is 4.90 Å². The number of piperazine rings is 1. The fraction of sp³-hybridized carbons (Fsp3) is 0.457. The number of anilines is 2. The number of aromatic nitrogens is 1. The summed E-state index contributed by atoms with van der Waals surface area (Å²) >= 11 is 6.72. The van der Waals surface area contributed by atoms with E-state index in [9.17, 15) is 10.1 Å². The summed E-state index contributed by atoms with van der Waals surface area (Å²) in [5.74, 6) is 0.499. The van der Waals surface area contributed by atoms with Gasteiger partial charge in [-0.1, -0.05) is 55.3 Å². The summed E-state index contributed by atoms with van der Waals surface area (Å²) in [6, 6.07) is 17.2. The SMILES string of the molecule is C=CC(=O)N1CCN(c2cc(OCCN(C)C3CCCC3)nc3c2CCN(c2cccc4cccc(Cl)c24)C3)C[C@@H]1CC#N. The Kier molecular flexibility index (Phi) is 9.25. The summed E-state index contributed by atoms with van der Waals surface area (Å²) in [4.78, 5) is 26.5. The molecule has 1 amide bonds. The van der Waals surface area contributed by atoms with E-state index < -0.39 is 0 Å². The van der Waals surface area contributed by atoms with Gasteiger partial charge in [-0.15, -0.1) is 0 Å². The fourth-order valence-electron chi connectivity index (χ4n) is 7.18. The molecule has 0 unspecified atom stereocenters. The van der Waals surface area contributed by atoms with E-state index in [4.69, 9.17) is 21.3 Å². The minimum Gasteiger partial charge on any atom is -0.476 e. The van der Waals surface area contributed by atoms with Crippen LogP contribution in [0.1, 0.15) is 43.4 Å². The molecule has 0 N–H and O–H groups in total. The van der Waals surface area contributed by atoms with Crippen molar-refractivity contribution in [2.24, 2.45) is 0 Å². The van der Waals surface area contributed by atoms with E-state index in [0.717, 1.165) is 52.4 Å². The predicted octanol–water partition coefficient (Wildman–Crippen LogP) is 5.82. The lowest BCUT2D eigenvalue weighted by Gasteiger charge is -2.43. The summed E-state index contributed by atoms with van der Waals surface area (Å²) < 4.78 is 6.37. The lowest BCUT2D eigenvalue weighted by molar-refractivity contribution is -0.128. The smallest absolute Gasteiger partial charge is 0.246 e. The van der Waals surface area contributed by atoms with Crippen molar-refractivity contribution < 1.29 is 9.53 Å². The summed E-state index contributed by atoms with van der Waals surface area (Å²) in [6.45, 7) is 8.35. The van der Waals surface area contributed by atoms with Crippen LogP contribution in [0, 0.1) is 11.3 Å². The highest BCUT2D eigenvalue weighted by molar-refractivity contribution is 6.36. The molecule has 2 aliphatic heterocycles. The highest BCUT2D eigenvalue weighted by Crippen LogP contribution is 2.38. The van der Waals surface area contributed by atoms with Crippen LogP contribution in [-0.2, 0) is 17.8 Å². The number of ether oxygens (including phenoxy) is 1.